The van der Waals surface area contributed by atoms with Crippen LogP contribution in [0.4, 0.5) is 10.8 Å². The topological polar surface area (TPSA) is 75.2 Å². The highest BCUT2D eigenvalue weighted by Crippen LogP contribution is 2.34. The first kappa shape index (κ1) is 17.9. The maximum Gasteiger partial charge on any atom is 0.246 e. The number of nitrogens with zero attached hydrogens (tertiary/aromatic N) is 3. The third-order valence-corrected chi connectivity index (χ3v) is 5.76. The number of thioether (sulfide) groups is 1. The minimum atomic E-state index is -0.258. The predicted octanol–water partition coefficient (Wildman–Crippen LogP) is 3.35. The second-order valence-electron chi connectivity index (χ2n) is 5.74. The molecule has 2 aromatic rings. The zero-order valence-corrected chi connectivity index (χ0v) is 15.7. The molecule has 1 aliphatic heterocycles. The van der Waals surface area contributed by atoms with Crippen molar-refractivity contribution in [3.05, 3.63) is 29.3 Å². The second-order valence-corrected chi connectivity index (χ2v) is 7.82. The van der Waals surface area contributed by atoms with Gasteiger partial charge in [0, 0.05) is 11.3 Å². The van der Waals surface area contributed by atoms with E-state index in [1.54, 1.807) is 0 Å². The number of rotatable bonds is 7. The molecule has 6 nitrogen and oxygen atoms in total. The lowest BCUT2D eigenvalue weighted by Crippen LogP contribution is -2.41. The maximum atomic E-state index is 12.3. The van der Waals surface area contributed by atoms with Crippen molar-refractivity contribution in [3.63, 3.8) is 0 Å². The van der Waals surface area contributed by atoms with Crippen LogP contribution in [0.15, 0.2) is 29.2 Å². The normalized spacial score (nSPS) is 13.6. The average molecular weight is 377 g/mol. The number of nitrogens with one attached hydrogen (secondary N) is 1. The van der Waals surface area contributed by atoms with E-state index in [1.807, 2.05) is 24.3 Å². The number of carbonyl (C=O) groups excluding carboxylic acids is 2. The number of anilines is 2. The SMILES string of the molecule is CCCCCc1nnc(NC(=O)CN2C(=O)CSc3ccccc32)s1. The number of para-hydroxylation sites is 1. The van der Waals surface area contributed by atoms with Gasteiger partial charge in [0.15, 0.2) is 0 Å². The summed E-state index contributed by atoms with van der Waals surface area (Å²) >= 11 is 2.90. The van der Waals surface area contributed by atoms with E-state index in [0.717, 1.165) is 41.3 Å². The summed E-state index contributed by atoms with van der Waals surface area (Å²) in [5.41, 5.74) is 0.788. The summed E-state index contributed by atoms with van der Waals surface area (Å²) in [6, 6.07) is 7.63. The van der Waals surface area contributed by atoms with Crippen LogP contribution in [0.5, 0.6) is 0 Å². The molecule has 0 aliphatic carbocycles. The fraction of sp³-hybridized carbons (Fsp3) is 0.412. The van der Waals surface area contributed by atoms with Gasteiger partial charge >= 0.3 is 0 Å². The zero-order valence-electron chi connectivity index (χ0n) is 14.0. The Morgan fingerprint density at radius 3 is 2.96 bits per heavy atom. The van der Waals surface area contributed by atoms with Crippen molar-refractivity contribution in [3.8, 4) is 0 Å². The first-order valence-corrected chi connectivity index (χ1v) is 10.1. The molecule has 2 amide bonds. The average Bonchev–Trinajstić information content (AvgIpc) is 3.05. The number of amides is 2. The minimum absolute atomic E-state index is 0.0127. The zero-order chi connectivity index (χ0) is 17.6. The van der Waals surface area contributed by atoms with Gasteiger partial charge in [0.05, 0.1) is 11.4 Å². The van der Waals surface area contributed by atoms with Crippen LogP contribution >= 0.6 is 23.1 Å². The molecule has 1 N–H and O–H groups in total. The van der Waals surface area contributed by atoms with E-state index < -0.39 is 0 Å². The molecule has 0 atom stereocenters. The van der Waals surface area contributed by atoms with Crippen molar-refractivity contribution >= 4 is 45.7 Å². The summed E-state index contributed by atoms with van der Waals surface area (Å²) in [7, 11) is 0. The Morgan fingerprint density at radius 1 is 1.28 bits per heavy atom. The molecule has 1 aliphatic rings. The molecule has 0 bridgehead atoms. The Kier molecular flexibility index (Phi) is 6.04. The molecule has 0 spiro atoms. The Hall–Kier alpha value is -1.93. The van der Waals surface area contributed by atoms with Crippen LogP contribution < -0.4 is 10.2 Å². The maximum absolute atomic E-state index is 12.3. The molecule has 0 unspecified atom stereocenters. The van der Waals surface area contributed by atoms with Crippen molar-refractivity contribution in [1.29, 1.82) is 0 Å². The first-order chi connectivity index (χ1) is 12.2. The summed E-state index contributed by atoms with van der Waals surface area (Å²) in [5.74, 6) is 0.0349. The molecule has 132 valence electrons. The standard InChI is InChI=1S/C17H20N4O2S2/c1-2-3-4-9-15-19-20-17(25-15)18-14(22)10-21-12-7-5-6-8-13(12)24-11-16(21)23/h5-8H,2-4,9-11H2,1H3,(H,18,20,22). The van der Waals surface area contributed by atoms with Crippen LogP contribution in [-0.2, 0) is 16.0 Å². The number of fused-ring (bicyclic) bond motifs is 1. The molecule has 1 aromatic carbocycles. The Morgan fingerprint density at radius 2 is 2.12 bits per heavy atom. The number of carbonyl (C=O) groups is 2. The summed E-state index contributed by atoms with van der Waals surface area (Å²) in [6.45, 7) is 2.14. The number of aryl methyl sites for hydroxylation is 1. The Bertz CT molecular complexity index is 763. The fourth-order valence-electron chi connectivity index (χ4n) is 2.56. The number of aromatic nitrogens is 2. The van der Waals surface area contributed by atoms with Crippen LogP contribution in [0.25, 0.3) is 0 Å². The second kappa shape index (κ2) is 8.44. The van der Waals surface area contributed by atoms with Crippen molar-refractivity contribution in [2.75, 3.05) is 22.5 Å². The van der Waals surface area contributed by atoms with Crippen molar-refractivity contribution in [1.82, 2.24) is 10.2 Å². The Labute approximate surface area is 155 Å². The lowest BCUT2D eigenvalue weighted by Gasteiger charge is -2.28. The minimum Gasteiger partial charge on any atom is -0.301 e. The van der Waals surface area contributed by atoms with Gasteiger partial charge in [-0.1, -0.05) is 43.2 Å². The van der Waals surface area contributed by atoms with Crippen molar-refractivity contribution in [2.24, 2.45) is 0 Å². The van der Waals surface area contributed by atoms with Crippen LogP contribution in [0, 0.1) is 0 Å². The molecule has 0 saturated heterocycles. The molecule has 3 rings (SSSR count). The van der Waals surface area contributed by atoms with Gasteiger partial charge in [-0.15, -0.1) is 22.0 Å². The molecule has 0 fully saturated rings. The lowest BCUT2D eigenvalue weighted by molar-refractivity contribution is -0.120. The predicted molar refractivity (Wildman–Crippen MR) is 101 cm³/mol. The molecule has 1 aromatic heterocycles. The molecular weight excluding hydrogens is 356 g/mol. The highest BCUT2D eigenvalue weighted by atomic mass is 32.2. The van der Waals surface area contributed by atoms with Crippen molar-refractivity contribution < 1.29 is 9.59 Å². The summed E-state index contributed by atoms with van der Waals surface area (Å²) in [4.78, 5) is 27.1. The van der Waals surface area contributed by atoms with Gasteiger partial charge in [-0.3, -0.25) is 14.9 Å². The van der Waals surface area contributed by atoms with Crippen LogP contribution in [0.1, 0.15) is 31.2 Å². The molecule has 2 heterocycles. The van der Waals surface area contributed by atoms with E-state index in [9.17, 15) is 9.59 Å². The van der Waals surface area contributed by atoms with Gasteiger partial charge in [0.2, 0.25) is 16.9 Å². The molecule has 8 heteroatoms. The molecule has 0 saturated carbocycles. The molecule has 0 radical (unpaired) electrons. The number of hydrogen-bond donors (Lipinski definition) is 1. The van der Waals surface area contributed by atoms with Gasteiger partial charge in [-0.2, -0.15) is 0 Å². The van der Waals surface area contributed by atoms with Crippen LogP contribution in [0.3, 0.4) is 0 Å². The van der Waals surface area contributed by atoms with Gasteiger partial charge in [0.25, 0.3) is 0 Å². The highest BCUT2D eigenvalue weighted by molar-refractivity contribution is 8.00. The smallest absolute Gasteiger partial charge is 0.246 e. The van der Waals surface area contributed by atoms with Gasteiger partial charge < -0.3 is 4.90 Å². The summed E-state index contributed by atoms with van der Waals surface area (Å²) in [6.07, 6.45) is 4.29. The molecular formula is C17H20N4O2S2. The monoisotopic (exact) mass is 376 g/mol. The number of unbranched alkanes of at least 4 members (excludes halogenated alkanes) is 2. The summed E-state index contributed by atoms with van der Waals surface area (Å²) < 4.78 is 0. The summed E-state index contributed by atoms with van der Waals surface area (Å²) in [5, 5.41) is 12.3. The third kappa shape index (κ3) is 4.58. The highest BCUT2D eigenvalue weighted by Gasteiger charge is 2.26. The van der Waals surface area contributed by atoms with Crippen LogP contribution in [0.2, 0.25) is 0 Å². The Balaban J connectivity index is 1.60. The van der Waals surface area contributed by atoms with Crippen molar-refractivity contribution in [2.45, 2.75) is 37.5 Å². The quantitative estimate of drug-likeness (QED) is 0.750. The van der Waals surface area contributed by atoms with E-state index in [1.165, 1.54) is 28.0 Å². The van der Waals surface area contributed by atoms with Gasteiger partial charge in [0.1, 0.15) is 11.6 Å². The number of hydrogen-bond acceptors (Lipinski definition) is 6. The first-order valence-electron chi connectivity index (χ1n) is 8.32. The lowest BCUT2D eigenvalue weighted by atomic mass is 10.2. The fourth-order valence-corrected chi connectivity index (χ4v) is 4.29. The van der Waals surface area contributed by atoms with E-state index in [4.69, 9.17) is 0 Å². The largest absolute Gasteiger partial charge is 0.301 e. The van der Waals surface area contributed by atoms with Gasteiger partial charge in [-0.05, 0) is 18.6 Å². The van der Waals surface area contributed by atoms with E-state index in [-0.39, 0.29) is 18.4 Å². The number of benzene rings is 1. The van der Waals surface area contributed by atoms with Gasteiger partial charge in [-0.25, -0.2) is 0 Å². The third-order valence-electron chi connectivity index (χ3n) is 3.82. The van der Waals surface area contributed by atoms with Crippen LogP contribution in [-0.4, -0.2) is 34.3 Å². The van der Waals surface area contributed by atoms with E-state index in [0.29, 0.717) is 10.9 Å². The van der Waals surface area contributed by atoms with E-state index in [2.05, 4.69) is 22.4 Å². The molecule has 25 heavy (non-hydrogen) atoms. The van der Waals surface area contributed by atoms with E-state index >= 15 is 0 Å².